The van der Waals surface area contributed by atoms with E-state index in [2.05, 4.69) is 4.98 Å². The summed E-state index contributed by atoms with van der Waals surface area (Å²) in [5.41, 5.74) is 1.31. The van der Waals surface area contributed by atoms with Crippen LogP contribution in [0.15, 0.2) is 41.2 Å². The van der Waals surface area contributed by atoms with Crippen molar-refractivity contribution >= 4 is 45.0 Å². The summed E-state index contributed by atoms with van der Waals surface area (Å²) in [6.45, 7) is 0. The fourth-order valence-corrected chi connectivity index (χ4v) is 2.30. The van der Waals surface area contributed by atoms with Gasteiger partial charge in [-0.2, -0.15) is 0 Å². The number of fused-ring (bicyclic) bond motifs is 2. The first-order chi connectivity index (χ1) is 8.18. The summed E-state index contributed by atoms with van der Waals surface area (Å²) < 4.78 is 0. The van der Waals surface area contributed by atoms with Gasteiger partial charge >= 0.3 is 0 Å². The molecule has 0 fully saturated rings. The Kier molecular flexibility index (Phi) is 2.35. The maximum atomic E-state index is 12.2. The van der Waals surface area contributed by atoms with Gasteiger partial charge in [0.2, 0.25) is 0 Å². The summed E-state index contributed by atoms with van der Waals surface area (Å²) in [4.78, 5) is 15.4. The molecule has 0 aliphatic heterocycles. The molecule has 0 atom stereocenters. The van der Waals surface area contributed by atoms with Crippen LogP contribution >= 0.6 is 23.2 Å². The molecule has 2 nitrogen and oxygen atoms in total. The van der Waals surface area contributed by atoms with Crippen molar-refractivity contribution in [2.75, 3.05) is 0 Å². The van der Waals surface area contributed by atoms with Crippen LogP contribution in [0.5, 0.6) is 0 Å². The van der Waals surface area contributed by atoms with E-state index in [4.69, 9.17) is 23.2 Å². The first-order valence-corrected chi connectivity index (χ1v) is 5.83. The summed E-state index contributed by atoms with van der Waals surface area (Å²) in [6.07, 6.45) is 0. The highest BCUT2D eigenvalue weighted by Crippen LogP contribution is 2.29. The predicted molar refractivity (Wildman–Crippen MR) is 72.1 cm³/mol. The Bertz CT molecular complexity index is 792. The number of para-hydroxylation sites is 1. The molecule has 0 unspecified atom stereocenters. The first kappa shape index (κ1) is 10.6. The lowest BCUT2D eigenvalue weighted by molar-refractivity contribution is 1.48. The Morgan fingerprint density at radius 2 is 1.71 bits per heavy atom. The van der Waals surface area contributed by atoms with Gasteiger partial charge in [0.05, 0.1) is 15.6 Å². The number of aromatic amines is 1. The normalized spacial score (nSPS) is 11.2. The van der Waals surface area contributed by atoms with Crippen LogP contribution < -0.4 is 5.43 Å². The van der Waals surface area contributed by atoms with Gasteiger partial charge in [-0.05, 0) is 24.3 Å². The summed E-state index contributed by atoms with van der Waals surface area (Å²) in [5.74, 6) is 0. The van der Waals surface area contributed by atoms with Crippen molar-refractivity contribution < 1.29 is 0 Å². The number of rotatable bonds is 0. The van der Waals surface area contributed by atoms with E-state index >= 15 is 0 Å². The van der Waals surface area contributed by atoms with Gasteiger partial charge in [-0.1, -0.05) is 35.3 Å². The average molecular weight is 264 g/mol. The minimum Gasteiger partial charge on any atom is -0.353 e. The van der Waals surface area contributed by atoms with E-state index in [9.17, 15) is 4.79 Å². The third-order valence-electron chi connectivity index (χ3n) is 2.77. The third kappa shape index (κ3) is 1.53. The van der Waals surface area contributed by atoms with Crippen LogP contribution in [0, 0.1) is 0 Å². The smallest absolute Gasteiger partial charge is 0.197 e. The van der Waals surface area contributed by atoms with Crippen molar-refractivity contribution in [3.05, 3.63) is 56.7 Å². The summed E-state index contributed by atoms with van der Waals surface area (Å²) in [7, 11) is 0. The van der Waals surface area contributed by atoms with Crippen molar-refractivity contribution in [1.29, 1.82) is 0 Å². The van der Waals surface area contributed by atoms with Crippen LogP contribution in [-0.2, 0) is 0 Å². The molecule has 3 rings (SSSR count). The minimum atomic E-state index is -0.0343. The Balaban J connectivity index is 2.64. The van der Waals surface area contributed by atoms with Crippen molar-refractivity contribution in [2.24, 2.45) is 0 Å². The molecule has 0 aliphatic carbocycles. The molecule has 4 heteroatoms. The van der Waals surface area contributed by atoms with Crippen LogP contribution in [0.25, 0.3) is 21.8 Å². The van der Waals surface area contributed by atoms with Gasteiger partial charge in [-0.3, -0.25) is 4.79 Å². The highest BCUT2D eigenvalue weighted by molar-refractivity contribution is 6.45. The van der Waals surface area contributed by atoms with Gasteiger partial charge < -0.3 is 4.98 Å². The topological polar surface area (TPSA) is 32.9 Å². The second-order valence-corrected chi connectivity index (χ2v) is 4.57. The second kappa shape index (κ2) is 3.76. The molecule has 0 bridgehead atoms. The zero-order valence-electron chi connectivity index (χ0n) is 8.63. The quantitative estimate of drug-likeness (QED) is 0.612. The molecule has 0 aliphatic rings. The van der Waals surface area contributed by atoms with E-state index in [-0.39, 0.29) is 5.43 Å². The molecule has 17 heavy (non-hydrogen) atoms. The molecule has 0 amide bonds. The van der Waals surface area contributed by atoms with Crippen molar-refractivity contribution in [2.45, 2.75) is 0 Å². The molecule has 0 radical (unpaired) electrons. The summed E-state index contributed by atoms with van der Waals surface area (Å²) >= 11 is 12.0. The lowest BCUT2D eigenvalue weighted by Gasteiger charge is -2.05. The fraction of sp³-hybridized carbons (Fsp3) is 0. The van der Waals surface area contributed by atoms with Crippen LogP contribution in [0.2, 0.25) is 10.0 Å². The standard InChI is InChI=1S/C13H7Cl2NO/c14-9-6-5-8-12(11(9)15)16-10-4-2-1-3-7(10)13(8)17/h1-6H,(H,16,17). The minimum absolute atomic E-state index is 0.0343. The van der Waals surface area contributed by atoms with E-state index in [0.29, 0.717) is 26.3 Å². The highest BCUT2D eigenvalue weighted by Gasteiger charge is 2.09. The molecular weight excluding hydrogens is 257 g/mol. The third-order valence-corrected chi connectivity index (χ3v) is 3.58. The average Bonchev–Trinajstić information content (AvgIpc) is 2.35. The SMILES string of the molecule is O=c1c2ccccc2[nH]c2c(Cl)c(Cl)ccc12. The lowest BCUT2D eigenvalue weighted by atomic mass is 10.1. The number of hydrogen-bond acceptors (Lipinski definition) is 1. The van der Waals surface area contributed by atoms with E-state index in [1.165, 1.54) is 0 Å². The molecule has 0 saturated carbocycles. The molecule has 0 saturated heterocycles. The van der Waals surface area contributed by atoms with Crippen LogP contribution in [-0.4, -0.2) is 4.98 Å². The van der Waals surface area contributed by atoms with Gasteiger partial charge in [0.15, 0.2) is 5.43 Å². The van der Waals surface area contributed by atoms with Gasteiger partial charge in [-0.15, -0.1) is 0 Å². The summed E-state index contributed by atoms with van der Waals surface area (Å²) in [5, 5.41) is 2.02. The number of pyridine rings is 1. The van der Waals surface area contributed by atoms with Gasteiger partial charge in [0.25, 0.3) is 0 Å². The molecule has 2 aromatic carbocycles. The van der Waals surface area contributed by atoms with Crippen LogP contribution in [0.1, 0.15) is 0 Å². The first-order valence-electron chi connectivity index (χ1n) is 5.07. The molecule has 1 heterocycles. The van der Waals surface area contributed by atoms with Gasteiger partial charge in [0, 0.05) is 16.3 Å². The molecule has 1 aromatic heterocycles. The number of H-pyrrole nitrogens is 1. The van der Waals surface area contributed by atoms with Crippen molar-refractivity contribution in [1.82, 2.24) is 4.98 Å². The van der Waals surface area contributed by atoms with Crippen LogP contribution in [0.4, 0.5) is 0 Å². The fourth-order valence-electron chi connectivity index (χ4n) is 1.93. The maximum absolute atomic E-state index is 12.2. The zero-order valence-corrected chi connectivity index (χ0v) is 10.1. The van der Waals surface area contributed by atoms with E-state index in [0.717, 1.165) is 5.52 Å². The maximum Gasteiger partial charge on any atom is 0.197 e. The molecule has 1 N–H and O–H groups in total. The highest BCUT2D eigenvalue weighted by atomic mass is 35.5. The Labute approximate surface area is 107 Å². The second-order valence-electron chi connectivity index (χ2n) is 3.78. The number of benzene rings is 2. The Hall–Kier alpha value is -1.51. The monoisotopic (exact) mass is 263 g/mol. The van der Waals surface area contributed by atoms with E-state index in [1.54, 1.807) is 18.2 Å². The number of hydrogen-bond donors (Lipinski definition) is 1. The zero-order chi connectivity index (χ0) is 12.0. The molecule has 84 valence electrons. The lowest BCUT2D eigenvalue weighted by Crippen LogP contribution is -2.04. The Morgan fingerprint density at radius 3 is 2.53 bits per heavy atom. The number of halogens is 2. The number of aromatic nitrogens is 1. The summed E-state index contributed by atoms with van der Waals surface area (Å²) in [6, 6.07) is 10.7. The largest absolute Gasteiger partial charge is 0.353 e. The van der Waals surface area contributed by atoms with Gasteiger partial charge in [0.1, 0.15) is 0 Å². The Morgan fingerprint density at radius 1 is 0.941 bits per heavy atom. The molecule has 0 spiro atoms. The predicted octanol–water partition coefficient (Wildman–Crippen LogP) is 3.99. The van der Waals surface area contributed by atoms with E-state index in [1.807, 2.05) is 18.2 Å². The van der Waals surface area contributed by atoms with Crippen molar-refractivity contribution in [3.63, 3.8) is 0 Å². The van der Waals surface area contributed by atoms with Crippen molar-refractivity contribution in [3.8, 4) is 0 Å². The van der Waals surface area contributed by atoms with Crippen LogP contribution in [0.3, 0.4) is 0 Å². The van der Waals surface area contributed by atoms with E-state index < -0.39 is 0 Å². The molecular formula is C13H7Cl2NO. The molecule has 3 aromatic rings. The van der Waals surface area contributed by atoms with Gasteiger partial charge in [-0.25, -0.2) is 0 Å². The number of nitrogens with one attached hydrogen (secondary N) is 1.